The minimum atomic E-state index is -0.988. The number of nitrogens with zero attached hydrogens (tertiary/aromatic N) is 1. The molecule has 0 aliphatic heterocycles. The Bertz CT molecular complexity index is 474. The van der Waals surface area contributed by atoms with Gasteiger partial charge >= 0.3 is 12.0 Å². The Morgan fingerprint density at radius 2 is 2.11 bits per heavy atom. The zero-order valence-electron chi connectivity index (χ0n) is 11.3. The summed E-state index contributed by atoms with van der Waals surface area (Å²) in [5.74, 6) is -0.988. The van der Waals surface area contributed by atoms with Gasteiger partial charge in [0.1, 0.15) is 0 Å². The van der Waals surface area contributed by atoms with E-state index in [0.29, 0.717) is 24.4 Å². The first kappa shape index (κ1) is 15.0. The second kappa shape index (κ2) is 6.75. The molecule has 0 aromatic heterocycles. The molecule has 0 bridgehead atoms. The molecule has 0 aliphatic rings. The van der Waals surface area contributed by atoms with Crippen LogP contribution in [0.2, 0.25) is 0 Å². The topological polar surface area (TPSA) is 78.9 Å². The second-order valence-electron chi connectivity index (χ2n) is 4.18. The van der Waals surface area contributed by atoms with Crippen molar-refractivity contribution < 1.29 is 19.4 Å². The monoisotopic (exact) mass is 266 g/mol. The van der Waals surface area contributed by atoms with E-state index in [9.17, 15) is 9.59 Å². The fourth-order valence-corrected chi connectivity index (χ4v) is 1.48. The third-order valence-corrected chi connectivity index (χ3v) is 2.69. The number of carbonyl (C=O) groups is 2. The molecule has 1 aromatic carbocycles. The number of benzene rings is 1. The van der Waals surface area contributed by atoms with Crippen molar-refractivity contribution in [3.8, 4) is 0 Å². The van der Waals surface area contributed by atoms with Gasteiger partial charge in [-0.05, 0) is 30.7 Å². The molecule has 0 unspecified atom stereocenters. The lowest BCUT2D eigenvalue weighted by atomic mass is 10.1. The molecule has 0 saturated carbocycles. The first-order valence-electron chi connectivity index (χ1n) is 5.80. The number of carboxylic acid groups (broad SMARTS) is 1. The molecular weight excluding hydrogens is 248 g/mol. The zero-order valence-corrected chi connectivity index (χ0v) is 11.3. The number of rotatable bonds is 5. The van der Waals surface area contributed by atoms with E-state index in [2.05, 4.69) is 5.32 Å². The molecule has 0 radical (unpaired) electrons. The number of ether oxygens (including phenoxy) is 1. The Morgan fingerprint density at radius 3 is 2.63 bits per heavy atom. The fourth-order valence-electron chi connectivity index (χ4n) is 1.48. The van der Waals surface area contributed by atoms with Crippen molar-refractivity contribution >= 4 is 17.7 Å². The molecule has 0 saturated heterocycles. The fraction of sp³-hybridized carbons (Fsp3) is 0.385. The average Bonchev–Trinajstić information content (AvgIpc) is 2.37. The van der Waals surface area contributed by atoms with E-state index in [-0.39, 0.29) is 11.6 Å². The maximum atomic E-state index is 11.8. The van der Waals surface area contributed by atoms with Crippen LogP contribution in [0, 0.1) is 6.92 Å². The highest BCUT2D eigenvalue weighted by molar-refractivity contribution is 5.92. The Hall–Kier alpha value is -2.08. The van der Waals surface area contributed by atoms with Crippen molar-refractivity contribution in [2.45, 2.75) is 6.92 Å². The number of anilines is 1. The van der Waals surface area contributed by atoms with Gasteiger partial charge in [-0.2, -0.15) is 0 Å². The molecule has 19 heavy (non-hydrogen) atoms. The minimum Gasteiger partial charge on any atom is -0.478 e. The smallest absolute Gasteiger partial charge is 0.335 e. The Balaban J connectivity index is 2.72. The molecule has 0 heterocycles. The van der Waals surface area contributed by atoms with E-state index >= 15 is 0 Å². The van der Waals surface area contributed by atoms with Crippen LogP contribution in [0.4, 0.5) is 10.5 Å². The lowest BCUT2D eigenvalue weighted by Gasteiger charge is -2.18. The Labute approximate surface area is 112 Å². The first-order valence-corrected chi connectivity index (χ1v) is 5.80. The number of aryl methyl sites for hydroxylation is 1. The number of carboxylic acids is 1. The number of likely N-dealkylation sites (N-methyl/N-ethyl adjacent to an activating group) is 1. The Morgan fingerprint density at radius 1 is 1.42 bits per heavy atom. The number of amides is 2. The summed E-state index contributed by atoms with van der Waals surface area (Å²) in [5.41, 5.74) is 1.50. The van der Waals surface area contributed by atoms with Gasteiger partial charge in [0, 0.05) is 26.4 Å². The van der Waals surface area contributed by atoms with Crippen LogP contribution in [0.15, 0.2) is 18.2 Å². The molecular formula is C13H18N2O4. The number of hydrogen-bond acceptors (Lipinski definition) is 3. The minimum absolute atomic E-state index is 0.197. The van der Waals surface area contributed by atoms with E-state index in [4.69, 9.17) is 9.84 Å². The van der Waals surface area contributed by atoms with Crippen molar-refractivity contribution in [1.82, 2.24) is 4.90 Å². The number of hydrogen-bond donors (Lipinski definition) is 2. The lowest BCUT2D eigenvalue weighted by molar-refractivity contribution is 0.0697. The van der Waals surface area contributed by atoms with Gasteiger partial charge in [0.15, 0.2) is 0 Å². The summed E-state index contributed by atoms with van der Waals surface area (Å²) < 4.78 is 4.89. The summed E-state index contributed by atoms with van der Waals surface area (Å²) in [6.07, 6.45) is 0. The molecule has 0 spiro atoms. The van der Waals surface area contributed by atoms with E-state index in [0.717, 1.165) is 0 Å². The molecule has 104 valence electrons. The molecule has 6 heteroatoms. The summed E-state index contributed by atoms with van der Waals surface area (Å²) in [6.45, 7) is 2.69. The van der Waals surface area contributed by atoms with Crippen molar-refractivity contribution in [3.05, 3.63) is 29.3 Å². The van der Waals surface area contributed by atoms with Crippen LogP contribution in [-0.2, 0) is 4.74 Å². The third kappa shape index (κ3) is 4.26. The molecule has 1 rings (SSSR count). The van der Waals surface area contributed by atoms with Gasteiger partial charge in [-0.15, -0.1) is 0 Å². The highest BCUT2D eigenvalue weighted by Crippen LogP contribution is 2.17. The van der Waals surface area contributed by atoms with Crippen LogP contribution in [0.3, 0.4) is 0 Å². The van der Waals surface area contributed by atoms with Gasteiger partial charge in [-0.3, -0.25) is 0 Å². The summed E-state index contributed by atoms with van der Waals surface area (Å²) in [7, 11) is 3.23. The van der Waals surface area contributed by atoms with Gasteiger partial charge in [0.25, 0.3) is 0 Å². The maximum absolute atomic E-state index is 11.8. The molecule has 0 atom stereocenters. The first-order chi connectivity index (χ1) is 8.95. The van der Waals surface area contributed by atoms with Crippen molar-refractivity contribution in [3.63, 3.8) is 0 Å². The number of nitrogens with one attached hydrogen (secondary N) is 1. The van der Waals surface area contributed by atoms with Gasteiger partial charge in [-0.1, -0.05) is 0 Å². The van der Waals surface area contributed by atoms with Gasteiger partial charge in [0.2, 0.25) is 0 Å². The molecule has 0 aliphatic carbocycles. The number of carbonyl (C=O) groups excluding carboxylic acids is 1. The van der Waals surface area contributed by atoms with Crippen LogP contribution in [0.5, 0.6) is 0 Å². The van der Waals surface area contributed by atoms with Crippen LogP contribution >= 0.6 is 0 Å². The van der Waals surface area contributed by atoms with Crippen LogP contribution in [0.25, 0.3) is 0 Å². The van der Waals surface area contributed by atoms with Crippen LogP contribution in [0.1, 0.15) is 15.9 Å². The van der Waals surface area contributed by atoms with E-state index in [1.54, 1.807) is 27.1 Å². The number of methoxy groups -OCH3 is 1. The maximum Gasteiger partial charge on any atom is 0.335 e. The summed E-state index contributed by atoms with van der Waals surface area (Å²) in [6, 6.07) is 4.30. The molecule has 2 amide bonds. The van der Waals surface area contributed by atoms with Crippen LogP contribution < -0.4 is 5.32 Å². The van der Waals surface area contributed by atoms with Crippen LogP contribution in [-0.4, -0.2) is 49.3 Å². The number of aromatic carboxylic acids is 1. The quantitative estimate of drug-likeness (QED) is 0.851. The summed E-state index contributed by atoms with van der Waals surface area (Å²) >= 11 is 0. The largest absolute Gasteiger partial charge is 0.478 e. The number of urea groups is 1. The summed E-state index contributed by atoms with van der Waals surface area (Å²) in [5, 5.41) is 11.6. The standard InChI is InChI=1S/C13H18N2O4/c1-9-8-10(12(16)17)4-5-11(9)14-13(18)15(2)6-7-19-3/h4-5,8H,6-7H2,1-3H3,(H,14,18)(H,16,17). The van der Waals surface area contributed by atoms with Gasteiger partial charge in [-0.25, -0.2) is 9.59 Å². The highest BCUT2D eigenvalue weighted by Gasteiger charge is 2.11. The zero-order chi connectivity index (χ0) is 14.4. The van der Waals surface area contributed by atoms with Gasteiger partial charge in [0.05, 0.1) is 12.2 Å². The summed E-state index contributed by atoms with van der Waals surface area (Å²) in [4.78, 5) is 24.1. The van der Waals surface area contributed by atoms with E-state index in [1.807, 2.05) is 0 Å². The molecule has 6 nitrogen and oxygen atoms in total. The lowest BCUT2D eigenvalue weighted by Crippen LogP contribution is -2.34. The predicted octanol–water partition coefficient (Wildman–Crippen LogP) is 1.80. The van der Waals surface area contributed by atoms with E-state index in [1.165, 1.54) is 17.0 Å². The second-order valence-corrected chi connectivity index (χ2v) is 4.18. The predicted molar refractivity (Wildman–Crippen MR) is 71.7 cm³/mol. The molecule has 2 N–H and O–H groups in total. The van der Waals surface area contributed by atoms with Crippen molar-refractivity contribution in [2.24, 2.45) is 0 Å². The van der Waals surface area contributed by atoms with E-state index < -0.39 is 5.97 Å². The van der Waals surface area contributed by atoms with Crippen molar-refractivity contribution in [1.29, 1.82) is 0 Å². The normalized spacial score (nSPS) is 10.1. The highest BCUT2D eigenvalue weighted by atomic mass is 16.5. The Kier molecular flexibility index (Phi) is 5.32. The SMILES string of the molecule is COCCN(C)C(=O)Nc1ccc(C(=O)O)cc1C. The van der Waals surface area contributed by atoms with Gasteiger partial charge < -0.3 is 20.1 Å². The third-order valence-electron chi connectivity index (χ3n) is 2.69. The average molecular weight is 266 g/mol. The van der Waals surface area contributed by atoms with Crippen molar-refractivity contribution in [2.75, 3.05) is 32.6 Å². The molecule has 1 aromatic rings. The molecule has 0 fully saturated rings.